The lowest BCUT2D eigenvalue weighted by Crippen LogP contribution is -2.27. The molecular formula is C17H19N3O4. The molecule has 0 radical (unpaired) electrons. The number of hydrogen-bond acceptors (Lipinski definition) is 5. The third kappa shape index (κ3) is 4.23. The predicted molar refractivity (Wildman–Crippen MR) is 90.2 cm³/mol. The summed E-state index contributed by atoms with van der Waals surface area (Å²) < 4.78 is 10.2. The molecule has 2 aromatic carbocycles. The smallest absolute Gasteiger partial charge is 0.332 e. The van der Waals surface area contributed by atoms with Crippen LogP contribution in [0.3, 0.4) is 0 Å². The average Bonchev–Trinajstić information content (AvgIpc) is 2.62. The second kappa shape index (κ2) is 7.98. The van der Waals surface area contributed by atoms with Gasteiger partial charge in [-0.3, -0.25) is 0 Å². The number of nitrogens with zero attached hydrogens (tertiary/aromatic N) is 1. The van der Waals surface area contributed by atoms with E-state index in [4.69, 9.17) is 15.2 Å². The number of nitrogens with two attached hydrogens (primary N) is 1. The number of rotatable bonds is 6. The molecule has 0 spiro atoms. The lowest BCUT2D eigenvalue weighted by atomic mass is 9.99. The first-order valence-electron chi connectivity index (χ1n) is 7.14. The molecule has 0 heterocycles. The van der Waals surface area contributed by atoms with Crippen LogP contribution in [0, 0.1) is 0 Å². The second-order valence-electron chi connectivity index (χ2n) is 4.88. The molecule has 0 aliphatic carbocycles. The third-order valence-corrected chi connectivity index (χ3v) is 3.36. The molecule has 0 saturated carbocycles. The van der Waals surface area contributed by atoms with Crippen molar-refractivity contribution in [3.63, 3.8) is 0 Å². The van der Waals surface area contributed by atoms with Crippen LogP contribution >= 0.6 is 0 Å². The van der Waals surface area contributed by atoms with E-state index in [2.05, 4.69) is 10.5 Å². The van der Waals surface area contributed by atoms with Gasteiger partial charge >= 0.3 is 6.03 Å². The van der Waals surface area contributed by atoms with E-state index in [0.29, 0.717) is 22.6 Å². The number of hydrazone groups is 1. The summed E-state index contributed by atoms with van der Waals surface area (Å²) in [6, 6.07) is 13.0. The van der Waals surface area contributed by atoms with E-state index in [9.17, 15) is 9.90 Å². The van der Waals surface area contributed by atoms with E-state index < -0.39 is 12.1 Å². The molecule has 126 valence electrons. The van der Waals surface area contributed by atoms with Gasteiger partial charge in [-0.1, -0.05) is 12.1 Å². The maximum atomic E-state index is 11.0. The number of carbonyl (C=O) groups is 1. The van der Waals surface area contributed by atoms with Gasteiger partial charge in [0.25, 0.3) is 0 Å². The number of ether oxygens (including phenoxy) is 2. The first-order chi connectivity index (χ1) is 11.5. The van der Waals surface area contributed by atoms with Crippen LogP contribution in [0.5, 0.6) is 11.5 Å². The Morgan fingerprint density at radius 2 is 1.54 bits per heavy atom. The van der Waals surface area contributed by atoms with Gasteiger partial charge in [-0.25, -0.2) is 10.2 Å². The van der Waals surface area contributed by atoms with Gasteiger partial charge in [0.2, 0.25) is 0 Å². The molecule has 1 atom stereocenters. The average molecular weight is 329 g/mol. The van der Waals surface area contributed by atoms with Crippen LogP contribution < -0.4 is 20.6 Å². The fourth-order valence-corrected chi connectivity index (χ4v) is 2.10. The molecular weight excluding hydrogens is 310 g/mol. The van der Waals surface area contributed by atoms with Crippen molar-refractivity contribution in [1.82, 2.24) is 5.43 Å². The van der Waals surface area contributed by atoms with Gasteiger partial charge < -0.3 is 20.3 Å². The SMILES string of the molecule is COc1ccc(/C(=N\NC(N)=O)C(O)c2ccc(OC)cc2)cc1. The van der Waals surface area contributed by atoms with Crippen molar-refractivity contribution in [1.29, 1.82) is 0 Å². The highest BCUT2D eigenvalue weighted by molar-refractivity contribution is 6.04. The van der Waals surface area contributed by atoms with E-state index in [1.165, 1.54) is 0 Å². The topological polar surface area (TPSA) is 106 Å². The number of hydrogen-bond donors (Lipinski definition) is 3. The van der Waals surface area contributed by atoms with Gasteiger partial charge in [0.05, 0.1) is 14.2 Å². The summed E-state index contributed by atoms with van der Waals surface area (Å²) >= 11 is 0. The van der Waals surface area contributed by atoms with E-state index in [0.717, 1.165) is 0 Å². The zero-order valence-corrected chi connectivity index (χ0v) is 13.4. The number of aliphatic hydroxyl groups is 1. The quantitative estimate of drug-likeness (QED) is 0.555. The normalized spacial score (nSPS) is 12.4. The van der Waals surface area contributed by atoms with E-state index in [1.807, 2.05) is 0 Å². The molecule has 0 aliphatic rings. The fraction of sp³-hybridized carbons (Fsp3) is 0.176. The third-order valence-electron chi connectivity index (χ3n) is 3.36. The van der Waals surface area contributed by atoms with Crippen LogP contribution in [-0.2, 0) is 0 Å². The Bertz CT molecular complexity index is 712. The summed E-state index contributed by atoms with van der Waals surface area (Å²) in [6.07, 6.45) is -1.06. The molecule has 7 nitrogen and oxygen atoms in total. The van der Waals surface area contributed by atoms with Crippen LogP contribution in [0.15, 0.2) is 53.6 Å². The second-order valence-corrected chi connectivity index (χ2v) is 4.88. The van der Waals surface area contributed by atoms with Crippen LogP contribution in [0.4, 0.5) is 4.79 Å². The van der Waals surface area contributed by atoms with Gasteiger partial charge in [0, 0.05) is 5.56 Å². The zero-order chi connectivity index (χ0) is 17.5. The van der Waals surface area contributed by atoms with E-state index in [-0.39, 0.29) is 5.71 Å². The van der Waals surface area contributed by atoms with Crippen molar-refractivity contribution in [2.24, 2.45) is 10.8 Å². The van der Waals surface area contributed by atoms with E-state index in [1.54, 1.807) is 62.8 Å². The molecule has 2 rings (SSSR count). The van der Waals surface area contributed by atoms with Crippen LogP contribution in [-0.4, -0.2) is 31.1 Å². The number of aliphatic hydroxyl groups excluding tert-OH is 1. The number of nitrogens with one attached hydrogen (secondary N) is 1. The van der Waals surface area contributed by atoms with Gasteiger partial charge in [-0.2, -0.15) is 5.10 Å². The van der Waals surface area contributed by atoms with Crippen molar-refractivity contribution in [3.05, 3.63) is 59.7 Å². The number of benzene rings is 2. The Hall–Kier alpha value is -3.06. The van der Waals surface area contributed by atoms with Gasteiger partial charge in [0.15, 0.2) is 0 Å². The first-order valence-corrected chi connectivity index (χ1v) is 7.14. The van der Waals surface area contributed by atoms with Crippen LogP contribution in [0.1, 0.15) is 17.2 Å². The molecule has 0 fully saturated rings. The van der Waals surface area contributed by atoms with Gasteiger partial charge in [-0.15, -0.1) is 0 Å². The largest absolute Gasteiger partial charge is 0.497 e. The summed E-state index contributed by atoms with van der Waals surface area (Å²) in [5.41, 5.74) is 8.69. The molecule has 2 amide bonds. The molecule has 0 bridgehead atoms. The highest BCUT2D eigenvalue weighted by Gasteiger charge is 2.18. The van der Waals surface area contributed by atoms with Crippen molar-refractivity contribution < 1.29 is 19.4 Å². The maximum Gasteiger partial charge on any atom is 0.332 e. The standard InChI is InChI=1S/C17H19N3O4/c1-23-13-7-3-11(4-8-13)15(19-20-17(18)22)16(21)12-5-9-14(24-2)10-6-12/h3-10,16,21H,1-2H3,(H3,18,20,22)/b19-15+. The van der Waals surface area contributed by atoms with E-state index >= 15 is 0 Å². The van der Waals surface area contributed by atoms with Crippen molar-refractivity contribution in [3.8, 4) is 11.5 Å². The summed E-state index contributed by atoms with van der Waals surface area (Å²) in [7, 11) is 3.12. The molecule has 0 aliphatic heterocycles. The van der Waals surface area contributed by atoms with Crippen molar-refractivity contribution in [2.75, 3.05) is 14.2 Å². The Kier molecular flexibility index (Phi) is 5.75. The number of carbonyl (C=O) groups excluding carboxylic acids is 1. The lowest BCUT2D eigenvalue weighted by Gasteiger charge is -2.15. The number of amides is 2. The summed E-state index contributed by atoms with van der Waals surface area (Å²) in [5, 5.41) is 14.6. The minimum atomic E-state index is -1.06. The minimum absolute atomic E-state index is 0.251. The molecule has 4 N–H and O–H groups in total. The number of urea groups is 1. The number of primary amides is 1. The molecule has 1 unspecified atom stereocenters. The number of methoxy groups -OCH3 is 2. The highest BCUT2D eigenvalue weighted by atomic mass is 16.5. The predicted octanol–water partition coefficient (Wildman–Crippen LogP) is 1.81. The first kappa shape index (κ1) is 17.3. The zero-order valence-electron chi connectivity index (χ0n) is 13.4. The van der Waals surface area contributed by atoms with Crippen molar-refractivity contribution in [2.45, 2.75) is 6.10 Å². The fourth-order valence-electron chi connectivity index (χ4n) is 2.10. The van der Waals surface area contributed by atoms with Crippen molar-refractivity contribution >= 4 is 11.7 Å². The van der Waals surface area contributed by atoms with Crippen LogP contribution in [0.2, 0.25) is 0 Å². The lowest BCUT2D eigenvalue weighted by molar-refractivity contribution is 0.244. The molecule has 0 aromatic heterocycles. The monoisotopic (exact) mass is 329 g/mol. The Balaban J connectivity index is 2.36. The molecule has 2 aromatic rings. The maximum absolute atomic E-state index is 11.0. The molecule has 24 heavy (non-hydrogen) atoms. The molecule has 0 saturated heterocycles. The van der Waals surface area contributed by atoms with Crippen LogP contribution in [0.25, 0.3) is 0 Å². The van der Waals surface area contributed by atoms with Gasteiger partial charge in [-0.05, 0) is 42.0 Å². The Labute approximate surface area is 139 Å². The van der Waals surface area contributed by atoms with Gasteiger partial charge in [0.1, 0.15) is 23.3 Å². The summed E-state index contributed by atoms with van der Waals surface area (Å²) in [6.45, 7) is 0. The Morgan fingerprint density at radius 3 is 2.00 bits per heavy atom. The molecule has 7 heteroatoms. The Morgan fingerprint density at radius 1 is 1.04 bits per heavy atom. The summed E-state index contributed by atoms with van der Waals surface area (Å²) in [4.78, 5) is 11.0. The summed E-state index contributed by atoms with van der Waals surface area (Å²) in [5.74, 6) is 1.34. The minimum Gasteiger partial charge on any atom is -0.497 e. The highest BCUT2D eigenvalue weighted by Crippen LogP contribution is 2.23.